The number of aliphatic hydroxyl groups is 1. The van der Waals surface area contributed by atoms with Crippen LogP contribution in [0.5, 0.6) is 5.75 Å². The fourth-order valence-electron chi connectivity index (χ4n) is 4.67. The van der Waals surface area contributed by atoms with Crippen molar-refractivity contribution in [3.05, 3.63) is 98.5 Å². The lowest BCUT2D eigenvalue weighted by atomic mass is 9.84. The largest absolute Gasteiger partial charge is 0.507 e. The first-order valence-electron chi connectivity index (χ1n) is 12.0. The van der Waals surface area contributed by atoms with E-state index in [1.54, 1.807) is 30.3 Å². The van der Waals surface area contributed by atoms with Gasteiger partial charge in [-0.1, -0.05) is 68.2 Å². The molecule has 1 heterocycles. The van der Waals surface area contributed by atoms with Gasteiger partial charge in [0.2, 0.25) is 0 Å². The highest BCUT2D eigenvalue weighted by Crippen LogP contribution is 2.45. The molecule has 7 heteroatoms. The van der Waals surface area contributed by atoms with Gasteiger partial charge in [0, 0.05) is 26.9 Å². The summed E-state index contributed by atoms with van der Waals surface area (Å²) in [6, 6.07) is 16.6. The van der Waals surface area contributed by atoms with Crippen LogP contribution in [0.1, 0.15) is 56.0 Å². The van der Waals surface area contributed by atoms with E-state index >= 15 is 0 Å². The number of halogens is 2. The van der Waals surface area contributed by atoms with Crippen LogP contribution in [0.2, 0.25) is 10.0 Å². The number of amides is 1. The van der Waals surface area contributed by atoms with Gasteiger partial charge in [-0.25, -0.2) is 0 Å². The minimum atomic E-state index is -0.875. The van der Waals surface area contributed by atoms with Crippen LogP contribution < -0.4 is 9.64 Å². The van der Waals surface area contributed by atoms with Crippen LogP contribution >= 0.6 is 23.2 Å². The molecule has 1 aliphatic heterocycles. The van der Waals surface area contributed by atoms with Crippen LogP contribution in [0.25, 0.3) is 5.76 Å². The summed E-state index contributed by atoms with van der Waals surface area (Å²) < 4.78 is 5.81. The molecule has 0 bridgehead atoms. The Morgan fingerprint density at radius 3 is 2.24 bits per heavy atom. The Balaban J connectivity index is 1.98. The molecular formula is C30H29Cl2NO4. The number of Topliss-reactive ketones (excluding diaryl/α,β-unsaturated/α-hetero) is 1. The van der Waals surface area contributed by atoms with Gasteiger partial charge in [0.25, 0.3) is 11.7 Å². The molecular weight excluding hydrogens is 509 g/mol. The number of benzene rings is 3. The number of carbonyl (C=O) groups is 2. The molecule has 37 heavy (non-hydrogen) atoms. The van der Waals surface area contributed by atoms with E-state index in [0.717, 1.165) is 11.1 Å². The molecule has 1 saturated heterocycles. The summed E-state index contributed by atoms with van der Waals surface area (Å²) in [7, 11) is 0. The Bertz CT molecular complexity index is 1400. The number of aliphatic hydroxyl groups excluding tert-OH is 1. The van der Waals surface area contributed by atoms with Gasteiger partial charge in [-0.3, -0.25) is 14.5 Å². The van der Waals surface area contributed by atoms with E-state index in [1.165, 1.54) is 4.90 Å². The molecule has 1 aliphatic rings. The molecule has 1 fully saturated rings. The molecule has 0 aromatic heterocycles. The number of rotatable bonds is 5. The average molecular weight is 538 g/mol. The van der Waals surface area contributed by atoms with Gasteiger partial charge < -0.3 is 9.84 Å². The van der Waals surface area contributed by atoms with Crippen LogP contribution in [-0.2, 0) is 15.0 Å². The Hall–Kier alpha value is -3.28. The minimum absolute atomic E-state index is 0.000540. The van der Waals surface area contributed by atoms with Crippen molar-refractivity contribution in [1.82, 2.24) is 0 Å². The fraction of sp³-hybridized carbons (Fsp3) is 0.267. The summed E-state index contributed by atoms with van der Waals surface area (Å²) in [6.45, 7) is 10.4. The van der Waals surface area contributed by atoms with Crippen molar-refractivity contribution in [2.75, 3.05) is 11.5 Å². The predicted molar refractivity (Wildman–Crippen MR) is 149 cm³/mol. The second-order valence-electron chi connectivity index (χ2n) is 10.0. The van der Waals surface area contributed by atoms with E-state index in [0.29, 0.717) is 39.2 Å². The van der Waals surface area contributed by atoms with Crippen molar-refractivity contribution in [1.29, 1.82) is 0 Å². The Labute approximate surface area is 227 Å². The van der Waals surface area contributed by atoms with Crippen molar-refractivity contribution < 1.29 is 19.4 Å². The molecule has 1 unspecified atom stereocenters. The zero-order valence-electron chi connectivity index (χ0n) is 21.4. The third-order valence-electron chi connectivity index (χ3n) is 6.41. The normalized spacial score (nSPS) is 17.4. The smallest absolute Gasteiger partial charge is 0.300 e. The summed E-state index contributed by atoms with van der Waals surface area (Å²) in [5, 5.41) is 12.3. The van der Waals surface area contributed by atoms with Crippen LogP contribution in [-0.4, -0.2) is 23.4 Å². The van der Waals surface area contributed by atoms with E-state index in [1.807, 2.05) is 65.0 Å². The number of carbonyl (C=O) groups excluding carboxylic acids is 2. The highest BCUT2D eigenvalue weighted by molar-refractivity contribution is 6.52. The number of hydrogen-bond donors (Lipinski definition) is 1. The standard InChI is InChI=1S/C30H29Cl2NO4/c1-6-37-24-12-11-18(13-23(24)30(3,4)5)27(34)25-26(22-10-8-7-9-17(22)2)33(29(36)28(25)35)21-15-19(31)14-20(32)16-21/h7-16,26,34H,6H2,1-5H3/b27-25+. The molecule has 0 spiro atoms. The number of ether oxygens (including phenoxy) is 1. The van der Waals surface area contributed by atoms with Crippen LogP contribution in [0, 0.1) is 6.92 Å². The molecule has 0 aliphatic carbocycles. The molecule has 3 aromatic carbocycles. The average Bonchev–Trinajstić information content (AvgIpc) is 3.08. The Morgan fingerprint density at radius 2 is 1.65 bits per heavy atom. The van der Waals surface area contributed by atoms with Crippen molar-refractivity contribution in [2.45, 2.75) is 46.1 Å². The summed E-state index contributed by atoms with van der Waals surface area (Å²) in [5.41, 5.74) is 2.95. The highest BCUT2D eigenvalue weighted by atomic mass is 35.5. The molecule has 4 rings (SSSR count). The molecule has 1 amide bonds. The lowest BCUT2D eigenvalue weighted by molar-refractivity contribution is -0.132. The number of nitrogens with zero attached hydrogens (tertiary/aromatic N) is 1. The van der Waals surface area contributed by atoms with Gasteiger partial charge >= 0.3 is 0 Å². The van der Waals surface area contributed by atoms with E-state index in [4.69, 9.17) is 27.9 Å². The molecule has 3 aromatic rings. The minimum Gasteiger partial charge on any atom is -0.507 e. The summed E-state index contributed by atoms with van der Waals surface area (Å²) in [6.07, 6.45) is 0. The van der Waals surface area contributed by atoms with Gasteiger partial charge in [-0.15, -0.1) is 0 Å². The van der Waals surface area contributed by atoms with Crippen LogP contribution in [0.15, 0.2) is 66.2 Å². The first kappa shape index (κ1) is 26.8. The van der Waals surface area contributed by atoms with E-state index in [2.05, 4.69) is 0 Å². The quantitative estimate of drug-likeness (QED) is 0.206. The van der Waals surface area contributed by atoms with Gasteiger partial charge in [0.15, 0.2) is 0 Å². The lowest BCUT2D eigenvalue weighted by Gasteiger charge is -2.27. The molecule has 192 valence electrons. The number of ketones is 1. The maximum Gasteiger partial charge on any atom is 0.300 e. The molecule has 1 atom stereocenters. The van der Waals surface area contributed by atoms with E-state index < -0.39 is 17.7 Å². The van der Waals surface area contributed by atoms with Crippen molar-refractivity contribution in [3.63, 3.8) is 0 Å². The van der Waals surface area contributed by atoms with Crippen LogP contribution in [0.3, 0.4) is 0 Å². The third-order valence-corrected chi connectivity index (χ3v) is 6.85. The zero-order chi connectivity index (χ0) is 27.1. The predicted octanol–water partition coefficient (Wildman–Crippen LogP) is 7.62. The van der Waals surface area contributed by atoms with E-state index in [9.17, 15) is 14.7 Å². The van der Waals surface area contributed by atoms with Gasteiger partial charge in [0.1, 0.15) is 11.5 Å². The third kappa shape index (κ3) is 5.11. The summed E-state index contributed by atoms with van der Waals surface area (Å²) in [5.74, 6) is -1.10. The zero-order valence-corrected chi connectivity index (χ0v) is 22.9. The van der Waals surface area contributed by atoms with Crippen molar-refractivity contribution in [2.24, 2.45) is 0 Å². The number of hydrogen-bond acceptors (Lipinski definition) is 4. The molecule has 5 nitrogen and oxygen atoms in total. The second kappa shape index (κ2) is 10.2. The first-order valence-corrected chi connectivity index (χ1v) is 12.8. The van der Waals surface area contributed by atoms with Gasteiger partial charge in [0.05, 0.1) is 18.2 Å². The Kier molecular flexibility index (Phi) is 7.40. The maximum atomic E-state index is 13.5. The van der Waals surface area contributed by atoms with Gasteiger partial charge in [-0.05, 0) is 66.8 Å². The molecule has 0 saturated carbocycles. The first-order chi connectivity index (χ1) is 17.4. The summed E-state index contributed by atoms with van der Waals surface area (Å²) >= 11 is 12.5. The van der Waals surface area contributed by atoms with Crippen LogP contribution in [0.4, 0.5) is 5.69 Å². The fourth-order valence-corrected chi connectivity index (χ4v) is 5.18. The van der Waals surface area contributed by atoms with E-state index in [-0.39, 0.29) is 16.7 Å². The maximum absolute atomic E-state index is 13.5. The monoisotopic (exact) mass is 537 g/mol. The molecule has 1 N–H and O–H groups in total. The Morgan fingerprint density at radius 1 is 1.00 bits per heavy atom. The second-order valence-corrected chi connectivity index (χ2v) is 10.9. The SMILES string of the molecule is CCOc1ccc(/C(O)=C2\C(=O)C(=O)N(c3cc(Cl)cc(Cl)c3)C2c2ccccc2C)cc1C(C)(C)C. The number of anilines is 1. The topological polar surface area (TPSA) is 66.8 Å². The van der Waals surface area contributed by atoms with Gasteiger partial charge in [-0.2, -0.15) is 0 Å². The lowest BCUT2D eigenvalue weighted by Crippen LogP contribution is -2.29. The summed E-state index contributed by atoms with van der Waals surface area (Å²) in [4.78, 5) is 28.3. The van der Waals surface area contributed by atoms with Crippen molar-refractivity contribution in [3.8, 4) is 5.75 Å². The van der Waals surface area contributed by atoms with Crippen molar-refractivity contribution >= 4 is 46.3 Å². The number of aryl methyl sites for hydroxylation is 1. The highest BCUT2D eigenvalue weighted by Gasteiger charge is 2.47. The molecule has 0 radical (unpaired) electrons.